The van der Waals surface area contributed by atoms with Gasteiger partial charge in [-0.15, -0.1) is 0 Å². The summed E-state index contributed by atoms with van der Waals surface area (Å²) in [6.45, 7) is 3.27. The van der Waals surface area contributed by atoms with Crippen molar-refractivity contribution in [1.82, 2.24) is 20.1 Å². The third-order valence-electron chi connectivity index (χ3n) is 4.22. The third kappa shape index (κ3) is 4.53. The van der Waals surface area contributed by atoms with Crippen LogP contribution in [0.1, 0.15) is 29.5 Å². The first kappa shape index (κ1) is 18.6. The Morgan fingerprint density at radius 2 is 2.00 bits per heavy atom. The van der Waals surface area contributed by atoms with Crippen molar-refractivity contribution >= 4 is 5.91 Å². The van der Waals surface area contributed by atoms with E-state index in [4.69, 9.17) is 4.74 Å². The van der Waals surface area contributed by atoms with Crippen LogP contribution in [0.5, 0.6) is 5.75 Å². The molecule has 140 valence electrons. The summed E-state index contributed by atoms with van der Waals surface area (Å²) in [4.78, 5) is 17.0. The van der Waals surface area contributed by atoms with Crippen LogP contribution >= 0.6 is 0 Å². The monoisotopic (exact) mass is 364 g/mol. The molecule has 0 saturated carbocycles. The highest BCUT2D eigenvalue weighted by atomic mass is 16.5. The van der Waals surface area contributed by atoms with E-state index in [2.05, 4.69) is 22.3 Å². The van der Waals surface area contributed by atoms with E-state index in [9.17, 15) is 4.79 Å². The summed E-state index contributed by atoms with van der Waals surface area (Å²) in [5.74, 6) is 0.605. The van der Waals surface area contributed by atoms with Crippen LogP contribution in [0, 0.1) is 0 Å². The van der Waals surface area contributed by atoms with Gasteiger partial charge in [0.25, 0.3) is 5.91 Å². The predicted octanol–water partition coefficient (Wildman–Crippen LogP) is 3.34. The molecule has 0 radical (unpaired) electrons. The number of nitrogens with one attached hydrogen (secondary N) is 1. The lowest BCUT2D eigenvalue weighted by atomic mass is 10.1. The van der Waals surface area contributed by atoms with Crippen LogP contribution in [0.4, 0.5) is 0 Å². The van der Waals surface area contributed by atoms with Crippen molar-refractivity contribution in [3.63, 3.8) is 0 Å². The Balaban J connectivity index is 1.77. The molecule has 0 bridgehead atoms. The number of methoxy groups -OCH3 is 1. The van der Waals surface area contributed by atoms with Gasteiger partial charge in [0.15, 0.2) is 0 Å². The van der Waals surface area contributed by atoms with Gasteiger partial charge in [0.05, 0.1) is 12.8 Å². The van der Waals surface area contributed by atoms with Crippen LogP contribution in [-0.2, 0) is 13.0 Å². The molecular formula is C21H24N4O2. The van der Waals surface area contributed by atoms with E-state index < -0.39 is 0 Å². The predicted molar refractivity (Wildman–Crippen MR) is 105 cm³/mol. The summed E-state index contributed by atoms with van der Waals surface area (Å²) in [5.41, 5.74) is 3.11. The van der Waals surface area contributed by atoms with E-state index in [1.54, 1.807) is 18.0 Å². The van der Waals surface area contributed by atoms with Crippen molar-refractivity contribution in [2.24, 2.45) is 0 Å². The number of aryl methyl sites for hydroxylation is 1. The Hall–Kier alpha value is -3.15. The second-order valence-corrected chi connectivity index (χ2v) is 6.17. The molecule has 27 heavy (non-hydrogen) atoms. The molecule has 0 unspecified atom stereocenters. The number of rotatable bonds is 8. The number of carbonyl (C=O) groups is 1. The largest absolute Gasteiger partial charge is 0.496 e. The van der Waals surface area contributed by atoms with E-state index in [-0.39, 0.29) is 5.91 Å². The fourth-order valence-corrected chi connectivity index (χ4v) is 2.91. The molecular weight excluding hydrogens is 340 g/mol. The van der Waals surface area contributed by atoms with Crippen LogP contribution in [0.2, 0.25) is 0 Å². The van der Waals surface area contributed by atoms with Gasteiger partial charge in [0.1, 0.15) is 11.4 Å². The van der Waals surface area contributed by atoms with Gasteiger partial charge in [-0.2, -0.15) is 5.10 Å². The summed E-state index contributed by atoms with van der Waals surface area (Å²) in [6, 6.07) is 15.3. The second kappa shape index (κ2) is 8.98. The number of hydrogen-bond donors (Lipinski definition) is 1. The summed E-state index contributed by atoms with van der Waals surface area (Å²) < 4.78 is 7.19. The second-order valence-electron chi connectivity index (χ2n) is 6.17. The lowest BCUT2D eigenvalue weighted by Gasteiger charge is -2.07. The molecule has 0 spiro atoms. The van der Waals surface area contributed by atoms with E-state index in [1.807, 2.05) is 48.5 Å². The fraction of sp³-hybridized carbons (Fsp3) is 0.286. The molecule has 2 heterocycles. The first-order valence-electron chi connectivity index (χ1n) is 9.12. The highest BCUT2D eigenvalue weighted by Crippen LogP contribution is 2.29. The number of hydrogen-bond acceptors (Lipinski definition) is 4. The first-order valence-corrected chi connectivity index (χ1v) is 9.12. The number of para-hydroxylation sites is 1. The average molecular weight is 364 g/mol. The van der Waals surface area contributed by atoms with Crippen molar-refractivity contribution in [2.75, 3.05) is 13.7 Å². The zero-order valence-corrected chi connectivity index (χ0v) is 15.7. The highest BCUT2D eigenvalue weighted by molar-refractivity contribution is 5.94. The molecule has 3 aromatic rings. The molecule has 0 saturated heterocycles. The van der Waals surface area contributed by atoms with Crippen molar-refractivity contribution in [2.45, 2.75) is 26.3 Å². The Kier molecular flexibility index (Phi) is 6.20. The standard InChI is InChI=1S/C21H24N4O2/c1-3-14-25-19(21(26)23-13-11-16-8-6-7-12-22-16)15-18(24-25)17-9-4-5-10-20(17)27-2/h4-10,12,15H,3,11,13-14H2,1-2H3,(H,23,26). The maximum atomic E-state index is 12.7. The Labute approximate surface area is 159 Å². The number of benzene rings is 1. The summed E-state index contributed by atoms with van der Waals surface area (Å²) in [7, 11) is 1.63. The van der Waals surface area contributed by atoms with Gasteiger partial charge in [-0.3, -0.25) is 14.5 Å². The van der Waals surface area contributed by atoms with E-state index in [0.29, 0.717) is 25.2 Å². The first-order chi connectivity index (χ1) is 13.2. The minimum absolute atomic E-state index is 0.131. The summed E-state index contributed by atoms with van der Waals surface area (Å²) in [6.07, 6.45) is 3.34. The number of carbonyl (C=O) groups excluding carboxylic acids is 1. The average Bonchev–Trinajstić information content (AvgIpc) is 3.13. The van der Waals surface area contributed by atoms with Crippen LogP contribution < -0.4 is 10.1 Å². The highest BCUT2D eigenvalue weighted by Gasteiger charge is 2.17. The van der Waals surface area contributed by atoms with Crippen molar-refractivity contribution in [1.29, 1.82) is 0 Å². The van der Waals surface area contributed by atoms with Gasteiger partial charge in [-0.05, 0) is 36.8 Å². The normalized spacial score (nSPS) is 10.6. The molecule has 6 heteroatoms. The Bertz CT molecular complexity index is 890. The molecule has 1 amide bonds. The van der Waals surface area contributed by atoms with E-state index in [1.165, 1.54) is 0 Å². The SMILES string of the molecule is CCCn1nc(-c2ccccc2OC)cc1C(=O)NCCc1ccccn1. The van der Waals surface area contributed by atoms with Crippen LogP contribution in [0.25, 0.3) is 11.3 Å². The van der Waals surface area contributed by atoms with Crippen molar-refractivity contribution in [3.05, 3.63) is 66.1 Å². The smallest absolute Gasteiger partial charge is 0.269 e. The molecule has 0 aliphatic rings. The number of nitrogens with zero attached hydrogens (tertiary/aromatic N) is 3. The summed E-state index contributed by atoms with van der Waals surface area (Å²) >= 11 is 0. The van der Waals surface area contributed by atoms with Gasteiger partial charge in [0.2, 0.25) is 0 Å². The van der Waals surface area contributed by atoms with E-state index >= 15 is 0 Å². The topological polar surface area (TPSA) is 69.0 Å². The lowest BCUT2D eigenvalue weighted by molar-refractivity contribution is 0.0943. The molecule has 0 atom stereocenters. The third-order valence-corrected chi connectivity index (χ3v) is 4.22. The van der Waals surface area contributed by atoms with Crippen LogP contribution in [0.3, 0.4) is 0 Å². The van der Waals surface area contributed by atoms with Gasteiger partial charge >= 0.3 is 0 Å². The van der Waals surface area contributed by atoms with Crippen LogP contribution in [-0.4, -0.2) is 34.3 Å². The van der Waals surface area contributed by atoms with Gasteiger partial charge in [-0.1, -0.05) is 25.1 Å². The fourth-order valence-electron chi connectivity index (χ4n) is 2.91. The molecule has 1 N–H and O–H groups in total. The van der Waals surface area contributed by atoms with Gasteiger partial charge in [0, 0.05) is 37.0 Å². The zero-order chi connectivity index (χ0) is 19.1. The minimum Gasteiger partial charge on any atom is -0.496 e. The molecule has 0 fully saturated rings. The van der Waals surface area contributed by atoms with E-state index in [0.717, 1.165) is 29.1 Å². The van der Waals surface area contributed by atoms with Gasteiger partial charge < -0.3 is 10.1 Å². The van der Waals surface area contributed by atoms with Crippen molar-refractivity contribution in [3.8, 4) is 17.0 Å². The maximum Gasteiger partial charge on any atom is 0.269 e. The maximum absolute atomic E-state index is 12.7. The molecule has 0 aliphatic heterocycles. The summed E-state index contributed by atoms with van der Waals surface area (Å²) in [5, 5.41) is 7.60. The molecule has 0 aliphatic carbocycles. The van der Waals surface area contributed by atoms with Crippen LogP contribution in [0.15, 0.2) is 54.7 Å². The number of amides is 1. The molecule has 2 aromatic heterocycles. The number of aromatic nitrogens is 3. The lowest BCUT2D eigenvalue weighted by Crippen LogP contribution is -2.28. The molecule has 1 aromatic carbocycles. The number of ether oxygens (including phenoxy) is 1. The quantitative estimate of drug-likeness (QED) is 0.666. The molecule has 6 nitrogen and oxygen atoms in total. The minimum atomic E-state index is -0.131. The zero-order valence-electron chi connectivity index (χ0n) is 15.7. The van der Waals surface area contributed by atoms with Crippen molar-refractivity contribution < 1.29 is 9.53 Å². The Morgan fingerprint density at radius 3 is 2.74 bits per heavy atom. The van der Waals surface area contributed by atoms with Gasteiger partial charge in [-0.25, -0.2) is 0 Å². The Morgan fingerprint density at radius 1 is 1.19 bits per heavy atom. The molecule has 3 rings (SSSR count). The number of pyridine rings is 1.